The fourth-order valence-corrected chi connectivity index (χ4v) is 4.10. The summed E-state index contributed by atoms with van der Waals surface area (Å²) in [7, 11) is 3.10. The molecule has 0 saturated heterocycles. The van der Waals surface area contributed by atoms with Crippen molar-refractivity contribution in [3.05, 3.63) is 63.6 Å². The Kier molecular flexibility index (Phi) is 7.56. The number of anilines is 1. The van der Waals surface area contributed by atoms with Crippen molar-refractivity contribution in [1.82, 2.24) is 4.98 Å². The molecule has 0 saturated carbocycles. The van der Waals surface area contributed by atoms with E-state index in [2.05, 4.69) is 54.5 Å². The van der Waals surface area contributed by atoms with Gasteiger partial charge in [0.2, 0.25) is 0 Å². The molecule has 3 aromatic rings. The first kappa shape index (κ1) is 22.7. The summed E-state index contributed by atoms with van der Waals surface area (Å²) < 4.78 is 10.6. The van der Waals surface area contributed by atoms with Gasteiger partial charge in [-0.25, -0.2) is 4.98 Å². The van der Waals surface area contributed by atoms with Gasteiger partial charge in [0.05, 0.1) is 30.6 Å². The first-order valence-electron chi connectivity index (χ1n) is 9.78. The number of hydrogen-bond acceptors (Lipinski definition) is 6. The predicted molar refractivity (Wildman–Crippen MR) is 128 cm³/mol. The Labute approximate surface area is 191 Å². The van der Waals surface area contributed by atoms with Crippen LogP contribution in [0.4, 0.5) is 5.69 Å². The molecule has 1 N–H and O–H groups in total. The third-order valence-electron chi connectivity index (χ3n) is 4.59. The summed E-state index contributed by atoms with van der Waals surface area (Å²) in [6.07, 6.45) is 2.66. The van der Waals surface area contributed by atoms with Crippen molar-refractivity contribution in [2.24, 2.45) is 5.92 Å². The zero-order chi connectivity index (χ0) is 22.4. The second-order valence-electron chi connectivity index (χ2n) is 7.33. The molecule has 0 unspecified atom stereocenters. The Morgan fingerprint density at radius 3 is 2.52 bits per heavy atom. The van der Waals surface area contributed by atoms with Gasteiger partial charge in [0.15, 0.2) is 0 Å². The highest BCUT2D eigenvalue weighted by Gasteiger charge is 2.12. The van der Waals surface area contributed by atoms with Crippen LogP contribution in [0.3, 0.4) is 0 Å². The number of thiazole rings is 1. The molecule has 0 radical (unpaired) electrons. The average Bonchev–Trinajstić information content (AvgIpc) is 3.25. The Hall–Kier alpha value is -3.01. The van der Waals surface area contributed by atoms with Crippen molar-refractivity contribution in [1.29, 1.82) is 5.26 Å². The smallest absolute Gasteiger partial charge is 0.144 e. The second-order valence-corrected chi connectivity index (χ2v) is 8.60. The Bertz CT molecular complexity index is 1110. The molecule has 160 valence electrons. The first-order chi connectivity index (χ1) is 14.9. The van der Waals surface area contributed by atoms with Gasteiger partial charge in [-0.15, -0.1) is 11.3 Å². The van der Waals surface area contributed by atoms with Crippen molar-refractivity contribution >= 4 is 34.2 Å². The second kappa shape index (κ2) is 10.3. The van der Waals surface area contributed by atoms with Crippen LogP contribution in [0.25, 0.3) is 16.8 Å². The zero-order valence-electron chi connectivity index (χ0n) is 17.9. The number of nitriles is 1. The fraction of sp³-hybridized carbons (Fsp3) is 0.250. The number of methoxy groups -OCH3 is 2. The quantitative estimate of drug-likeness (QED) is 0.386. The minimum atomic E-state index is 0.420. The number of aromatic nitrogens is 1. The van der Waals surface area contributed by atoms with Gasteiger partial charge in [-0.2, -0.15) is 5.26 Å². The molecule has 5 nitrogen and oxygen atoms in total. The molecular weight excluding hydrogens is 430 g/mol. The third-order valence-corrected chi connectivity index (χ3v) is 5.77. The number of nitrogens with one attached hydrogen (secondary N) is 1. The van der Waals surface area contributed by atoms with E-state index in [1.165, 1.54) is 16.9 Å². The summed E-state index contributed by atoms with van der Waals surface area (Å²) >= 11 is 7.58. The Balaban J connectivity index is 1.82. The van der Waals surface area contributed by atoms with E-state index < -0.39 is 0 Å². The summed E-state index contributed by atoms with van der Waals surface area (Å²) in [6.45, 7) is 4.42. The van der Waals surface area contributed by atoms with E-state index in [0.717, 1.165) is 17.7 Å². The molecule has 0 aliphatic carbocycles. The summed E-state index contributed by atoms with van der Waals surface area (Å²) in [5.74, 6) is 1.67. The Morgan fingerprint density at radius 2 is 1.90 bits per heavy atom. The van der Waals surface area contributed by atoms with Crippen molar-refractivity contribution in [2.45, 2.75) is 20.3 Å². The van der Waals surface area contributed by atoms with Crippen LogP contribution in [0.1, 0.15) is 24.4 Å². The minimum Gasteiger partial charge on any atom is -0.495 e. The molecule has 7 heteroatoms. The number of hydrogen-bond donors (Lipinski definition) is 1. The van der Waals surface area contributed by atoms with E-state index in [1.54, 1.807) is 32.6 Å². The summed E-state index contributed by atoms with van der Waals surface area (Å²) in [5.41, 5.74) is 4.24. The first-order valence-corrected chi connectivity index (χ1v) is 11.0. The van der Waals surface area contributed by atoms with Gasteiger partial charge in [0.25, 0.3) is 0 Å². The van der Waals surface area contributed by atoms with Crippen LogP contribution in [-0.4, -0.2) is 19.2 Å². The normalized spacial score (nSPS) is 11.3. The van der Waals surface area contributed by atoms with Gasteiger partial charge < -0.3 is 14.8 Å². The highest BCUT2D eigenvalue weighted by molar-refractivity contribution is 7.11. The van der Waals surface area contributed by atoms with Gasteiger partial charge in [0, 0.05) is 29.3 Å². The molecule has 31 heavy (non-hydrogen) atoms. The van der Waals surface area contributed by atoms with Crippen LogP contribution in [0, 0.1) is 17.2 Å². The van der Waals surface area contributed by atoms with E-state index in [9.17, 15) is 5.26 Å². The lowest BCUT2D eigenvalue weighted by Gasteiger charge is -2.12. The van der Waals surface area contributed by atoms with E-state index >= 15 is 0 Å². The van der Waals surface area contributed by atoms with Crippen LogP contribution in [-0.2, 0) is 6.42 Å². The highest BCUT2D eigenvalue weighted by atomic mass is 35.5. The van der Waals surface area contributed by atoms with Gasteiger partial charge in [0.1, 0.15) is 28.1 Å². The molecule has 0 atom stereocenters. The lowest BCUT2D eigenvalue weighted by molar-refractivity contribution is 0.405. The maximum Gasteiger partial charge on any atom is 0.144 e. The van der Waals surface area contributed by atoms with Crippen molar-refractivity contribution < 1.29 is 9.47 Å². The van der Waals surface area contributed by atoms with Crippen LogP contribution in [0.2, 0.25) is 5.02 Å². The standard InChI is InChI=1S/C24H24ClN3O2S/c1-15(2)9-16-5-7-17(8-6-16)21-14-31-24(28-21)18(12-26)13-27-20-11-22(29-3)19(25)10-23(20)30-4/h5-8,10-11,13-15,27H,9H2,1-4H3/b18-13-. The third kappa shape index (κ3) is 5.57. The number of nitrogens with zero attached hydrogens (tertiary/aromatic N) is 2. The molecular formula is C24H24ClN3O2S. The minimum absolute atomic E-state index is 0.420. The van der Waals surface area contributed by atoms with Crippen molar-refractivity contribution in [3.63, 3.8) is 0 Å². The van der Waals surface area contributed by atoms with E-state index in [0.29, 0.717) is 38.7 Å². The van der Waals surface area contributed by atoms with Gasteiger partial charge in [-0.3, -0.25) is 0 Å². The topological polar surface area (TPSA) is 67.2 Å². The van der Waals surface area contributed by atoms with Gasteiger partial charge in [-0.05, 0) is 17.9 Å². The molecule has 2 aromatic carbocycles. The largest absolute Gasteiger partial charge is 0.495 e. The molecule has 0 bridgehead atoms. The average molecular weight is 454 g/mol. The summed E-state index contributed by atoms with van der Waals surface area (Å²) in [5, 5.41) is 15.8. The number of benzene rings is 2. The predicted octanol–water partition coefficient (Wildman–Crippen LogP) is 6.66. The number of halogens is 1. The number of allylic oxidation sites excluding steroid dienone is 1. The van der Waals surface area contributed by atoms with Crippen LogP contribution in [0.5, 0.6) is 11.5 Å². The number of rotatable bonds is 8. The van der Waals surface area contributed by atoms with Crippen molar-refractivity contribution in [2.75, 3.05) is 19.5 Å². The summed E-state index contributed by atoms with van der Waals surface area (Å²) in [6, 6.07) is 14.0. The lowest BCUT2D eigenvalue weighted by atomic mass is 10.0. The van der Waals surface area contributed by atoms with E-state index in [1.807, 2.05) is 5.38 Å². The molecule has 3 rings (SSSR count). The SMILES string of the molecule is COc1cc(N/C=C(/C#N)c2nc(-c3ccc(CC(C)C)cc3)cs2)c(OC)cc1Cl. The maximum absolute atomic E-state index is 9.66. The molecule has 0 fully saturated rings. The molecule has 0 aliphatic rings. The van der Waals surface area contributed by atoms with Crippen LogP contribution >= 0.6 is 22.9 Å². The molecule has 0 amide bonds. The van der Waals surface area contributed by atoms with Crippen LogP contribution < -0.4 is 14.8 Å². The summed E-state index contributed by atoms with van der Waals surface area (Å²) in [4.78, 5) is 4.66. The monoisotopic (exact) mass is 453 g/mol. The van der Waals surface area contributed by atoms with Gasteiger partial charge in [-0.1, -0.05) is 49.7 Å². The fourth-order valence-electron chi connectivity index (χ4n) is 3.08. The van der Waals surface area contributed by atoms with Crippen LogP contribution in [0.15, 0.2) is 48.0 Å². The zero-order valence-corrected chi connectivity index (χ0v) is 19.5. The molecule has 0 spiro atoms. The highest BCUT2D eigenvalue weighted by Crippen LogP contribution is 2.36. The van der Waals surface area contributed by atoms with E-state index in [4.69, 9.17) is 21.1 Å². The molecule has 0 aliphatic heterocycles. The maximum atomic E-state index is 9.66. The van der Waals surface area contributed by atoms with Gasteiger partial charge >= 0.3 is 0 Å². The van der Waals surface area contributed by atoms with E-state index in [-0.39, 0.29) is 0 Å². The molecule has 1 heterocycles. The Morgan fingerprint density at radius 1 is 1.19 bits per heavy atom. The van der Waals surface area contributed by atoms with Crippen molar-refractivity contribution in [3.8, 4) is 28.8 Å². The molecule has 1 aromatic heterocycles. The lowest BCUT2D eigenvalue weighted by Crippen LogP contribution is -1.96. The number of ether oxygens (including phenoxy) is 2.